The molecule has 0 N–H and O–H groups in total. The van der Waals surface area contributed by atoms with Crippen LogP contribution in [0.2, 0.25) is 0 Å². The first-order valence-electron chi connectivity index (χ1n) is 2.25. The third-order valence-corrected chi connectivity index (χ3v) is 1.58. The van der Waals surface area contributed by atoms with Gasteiger partial charge in [0.1, 0.15) is 6.61 Å². The summed E-state index contributed by atoms with van der Waals surface area (Å²) in [6.45, 7) is 3.94. The standard InChI is InChI=1S/C4H6O3P/c1-4-2-3-6-8(5)7-4/h1-3H2/q+1. The molecule has 0 radical (unpaired) electrons. The van der Waals surface area contributed by atoms with Crippen LogP contribution >= 0.6 is 8.25 Å². The van der Waals surface area contributed by atoms with E-state index in [1.54, 1.807) is 0 Å². The molecule has 1 saturated heterocycles. The smallest absolute Gasteiger partial charge is 0.234 e. The van der Waals surface area contributed by atoms with Crippen molar-refractivity contribution in [1.29, 1.82) is 0 Å². The van der Waals surface area contributed by atoms with E-state index in [1.807, 2.05) is 0 Å². The monoisotopic (exact) mass is 133 g/mol. The van der Waals surface area contributed by atoms with Crippen molar-refractivity contribution >= 4 is 8.25 Å². The van der Waals surface area contributed by atoms with Crippen LogP contribution < -0.4 is 0 Å². The van der Waals surface area contributed by atoms with Gasteiger partial charge in [0.25, 0.3) is 0 Å². The molecule has 0 amide bonds. The van der Waals surface area contributed by atoms with Gasteiger partial charge in [0.15, 0.2) is 5.76 Å². The summed E-state index contributed by atoms with van der Waals surface area (Å²) in [7, 11) is -1.88. The van der Waals surface area contributed by atoms with Crippen LogP contribution in [0.4, 0.5) is 0 Å². The highest BCUT2D eigenvalue weighted by molar-refractivity contribution is 7.33. The Hall–Kier alpha value is -0.400. The molecule has 1 aliphatic heterocycles. The first-order chi connectivity index (χ1) is 3.79. The average Bonchev–Trinajstić information content (AvgIpc) is 1.64. The van der Waals surface area contributed by atoms with Gasteiger partial charge in [-0.2, -0.15) is 0 Å². The Morgan fingerprint density at radius 3 is 2.88 bits per heavy atom. The van der Waals surface area contributed by atoms with Gasteiger partial charge in [0.2, 0.25) is 0 Å². The van der Waals surface area contributed by atoms with E-state index in [2.05, 4.69) is 15.6 Å². The van der Waals surface area contributed by atoms with Gasteiger partial charge in [-0.3, -0.25) is 0 Å². The molecule has 0 spiro atoms. The molecule has 4 heteroatoms. The summed E-state index contributed by atoms with van der Waals surface area (Å²) in [4.78, 5) is 0. The zero-order chi connectivity index (χ0) is 5.98. The normalized spacial score (nSPS) is 25.0. The van der Waals surface area contributed by atoms with Crippen LogP contribution in [0.25, 0.3) is 0 Å². The molecule has 0 saturated carbocycles. The Balaban J connectivity index is 2.45. The quantitative estimate of drug-likeness (QED) is 0.470. The van der Waals surface area contributed by atoms with Crippen LogP contribution in [-0.2, 0) is 13.6 Å². The van der Waals surface area contributed by atoms with Crippen LogP contribution in [0.3, 0.4) is 0 Å². The Kier molecular flexibility index (Phi) is 1.61. The van der Waals surface area contributed by atoms with E-state index in [-0.39, 0.29) is 0 Å². The van der Waals surface area contributed by atoms with Gasteiger partial charge >= 0.3 is 8.25 Å². The van der Waals surface area contributed by atoms with Crippen LogP contribution in [0.5, 0.6) is 0 Å². The van der Waals surface area contributed by atoms with Crippen molar-refractivity contribution in [2.75, 3.05) is 6.61 Å². The summed E-state index contributed by atoms with van der Waals surface area (Å²) < 4.78 is 19.5. The Morgan fingerprint density at radius 1 is 1.75 bits per heavy atom. The zero-order valence-electron chi connectivity index (χ0n) is 4.29. The summed E-state index contributed by atoms with van der Waals surface area (Å²) in [6.07, 6.45) is 0.654. The third-order valence-electron chi connectivity index (χ3n) is 0.781. The summed E-state index contributed by atoms with van der Waals surface area (Å²) >= 11 is 0. The van der Waals surface area contributed by atoms with Crippen molar-refractivity contribution < 1.29 is 13.6 Å². The Morgan fingerprint density at radius 2 is 2.50 bits per heavy atom. The van der Waals surface area contributed by atoms with Crippen molar-refractivity contribution in [3.05, 3.63) is 12.3 Å². The summed E-state index contributed by atoms with van der Waals surface area (Å²) in [6, 6.07) is 0. The molecule has 1 atom stereocenters. The molecule has 1 aliphatic rings. The predicted molar refractivity (Wildman–Crippen MR) is 28.4 cm³/mol. The minimum atomic E-state index is -1.88. The van der Waals surface area contributed by atoms with Gasteiger partial charge in [0, 0.05) is 11.0 Å². The second-order valence-electron chi connectivity index (χ2n) is 1.44. The van der Waals surface area contributed by atoms with Gasteiger partial charge in [0.05, 0.1) is 0 Å². The van der Waals surface area contributed by atoms with Crippen molar-refractivity contribution in [3.8, 4) is 0 Å². The van der Waals surface area contributed by atoms with Gasteiger partial charge in [-0.15, -0.1) is 4.52 Å². The van der Waals surface area contributed by atoms with Crippen molar-refractivity contribution in [1.82, 2.24) is 0 Å². The molecule has 0 aliphatic carbocycles. The maximum absolute atomic E-state index is 10.3. The van der Waals surface area contributed by atoms with E-state index < -0.39 is 8.25 Å². The highest BCUT2D eigenvalue weighted by Gasteiger charge is 2.27. The lowest BCUT2D eigenvalue weighted by Crippen LogP contribution is -1.97. The summed E-state index contributed by atoms with van der Waals surface area (Å²) in [5, 5.41) is 0. The molecule has 1 heterocycles. The zero-order valence-corrected chi connectivity index (χ0v) is 5.19. The molecule has 1 unspecified atom stereocenters. The van der Waals surface area contributed by atoms with Gasteiger partial charge in [-0.25, -0.2) is 4.52 Å². The summed E-state index contributed by atoms with van der Waals surface area (Å²) in [5.74, 6) is 0.553. The van der Waals surface area contributed by atoms with Crippen LogP contribution in [0.15, 0.2) is 12.3 Å². The highest BCUT2D eigenvalue weighted by Crippen LogP contribution is 2.32. The molecule has 0 aromatic carbocycles. The molecule has 1 fully saturated rings. The van der Waals surface area contributed by atoms with E-state index in [1.165, 1.54) is 0 Å². The fourth-order valence-corrected chi connectivity index (χ4v) is 1.01. The third kappa shape index (κ3) is 1.29. The predicted octanol–water partition coefficient (Wildman–Crippen LogP) is 1.59. The van der Waals surface area contributed by atoms with Crippen LogP contribution in [-0.4, -0.2) is 6.61 Å². The lowest BCUT2D eigenvalue weighted by molar-refractivity contribution is 0.212. The minimum absolute atomic E-state index is 0.466. The average molecular weight is 133 g/mol. The molecule has 8 heavy (non-hydrogen) atoms. The topological polar surface area (TPSA) is 35.5 Å². The number of rotatable bonds is 0. The van der Waals surface area contributed by atoms with Crippen LogP contribution in [0, 0.1) is 0 Å². The van der Waals surface area contributed by atoms with Crippen molar-refractivity contribution in [2.24, 2.45) is 0 Å². The first kappa shape index (κ1) is 5.73. The number of hydrogen-bond acceptors (Lipinski definition) is 3. The SMILES string of the molecule is C=C1CCO[P+](=O)O1. The fourth-order valence-electron chi connectivity index (χ4n) is 0.411. The maximum atomic E-state index is 10.3. The molecule has 0 bridgehead atoms. The van der Waals surface area contributed by atoms with E-state index in [9.17, 15) is 4.57 Å². The molecular formula is C4H6O3P+. The Labute approximate surface area is 48.2 Å². The first-order valence-corrected chi connectivity index (χ1v) is 3.34. The highest BCUT2D eigenvalue weighted by atomic mass is 31.1. The molecule has 0 aromatic heterocycles. The minimum Gasteiger partial charge on any atom is -0.234 e. The largest absolute Gasteiger partial charge is 0.749 e. The second-order valence-corrected chi connectivity index (χ2v) is 2.32. The van der Waals surface area contributed by atoms with Crippen LogP contribution in [0.1, 0.15) is 6.42 Å². The van der Waals surface area contributed by atoms with Gasteiger partial charge in [-0.1, -0.05) is 6.58 Å². The van der Waals surface area contributed by atoms with E-state index >= 15 is 0 Å². The van der Waals surface area contributed by atoms with Crippen molar-refractivity contribution in [2.45, 2.75) is 6.42 Å². The lowest BCUT2D eigenvalue weighted by atomic mass is 10.4. The molecule has 3 nitrogen and oxygen atoms in total. The van der Waals surface area contributed by atoms with E-state index in [0.29, 0.717) is 18.8 Å². The number of hydrogen-bond donors (Lipinski definition) is 0. The lowest BCUT2D eigenvalue weighted by Gasteiger charge is -1.98. The van der Waals surface area contributed by atoms with Crippen molar-refractivity contribution in [3.63, 3.8) is 0 Å². The maximum Gasteiger partial charge on any atom is 0.749 e. The molecule has 0 aromatic rings. The summed E-state index contributed by atoms with van der Waals surface area (Å²) in [5.41, 5.74) is 0. The van der Waals surface area contributed by atoms with Gasteiger partial charge < -0.3 is 0 Å². The fraction of sp³-hybridized carbons (Fsp3) is 0.500. The van der Waals surface area contributed by atoms with Gasteiger partial charge in [-0.05, 0) is 0 Å². The molecule has 44 valence electrons. The van der Waals surface area contributed by atoms with E-state index in [4.69, 9.17) is 0 Å². The molecular weight excluding hydrogens is 127 g/mol. The van der Waals surface area contributed by atoms with E-state index in [0.717, 1.165) is 0 Å². The Bertz CT molecular complexity index is 117. The second kappa shape index (κ2) is 2.25. The molecule has 1 rings (SSSR count).